The lowest BCUT2D eigenvalue weighted by Crippen LogP contribution is -2.35. The number of nitrogen functional groups attached to an aromatic ring is 1. The first kappa shape index (κ1) is 19.0. The largest absolute Gasteiger partial charge is 0.507 e. The summed E-state index contributed by atoms with van der Waals surface area (Å²) in [6.07, 6.45) is 0.392. The van der Waals surface area contributed by atoms with Crippen molar-refractivity contribution in [3.63, 3.8) is 0 Å². The minimum absolute atomic E-state index is 0.0521. The topological polar surface area (TPSA) is 119 Å². The molecule has 9 nitrogen and oxygen atoms in total. The van der Waals surface area contributed by atoms with Gasteiger partial charge in [0, 0.05) is 18.7 Å². The van der Waals surface area contributed by atoms with E-state index in [1.165, 1.54) is 0 Å². The van der Waals surface area contributed by atoms with Crippen molar-refractivity contribution in [3.8, 4) is 17.0 Å². The summed E-state index contributed by atoms with van der Waals surface area (Å²) in [5.74, 6) is 0.407. The number of phenolic OH excluding ortho intramolecular Hbond substituents is 1. The van der Waals surface area contributed by atoms with Crippen molar-refractivity contribution in [2.75, 3.05) is 18.8 Å². The molecule has 1 atom stereocenters. The quantitative estimate of drug-likeness (QED) is 0.683. The highest BCUT2D eigenvalue weighted by atomic mass is 16.6. The van der Waals surface area contributed by atoms with Crippen LogP contribution in [0.5, 0.6) is 5.75 Å². The first-order valence-electron chi connectivity index (χ1n) is 9.50. The fourth-order valence-corrected chi connectivity index (χ4v) is 3.49. The average Bonchev–Trinajstić information content (AvgIpc) is 3.26. The first-order chi connectivity index (χ1) is 13.7. The van der Waals surface area contributed by atoms with Crippen LogP contribution in [0.4, 0.5) is 10.6 Å². The SMILES string of the molecule is CC(C)(C)OC(=O)N1CCC(n2nc(N)c3nnc(-c4ccccc4O)cc32)C1. The molecule has 152 valence electrons. The zero-order valence-corrected chi connectivity index (χ0v) is 16.7. The number of aromatic hydroxyl groups is 1. The normalized spacial score (nSPS) is 17.1. The molecule has 1 saturated heterocycles. The molecule has 0 aliphatic carbocycles. The van der Waals surface area contributed by atoms with Crippen LogP contribution in [-0.2, 0) is 4.74 Å². The van der Waals surface area contributed by atoms with Crippen molar-refractivity contribution in [2.24, 2.45) is 0 Å². The van der Waals surface area contributed by atoms with E-state index in [0.29, 0.717) is 35.4 Å². The van der Waals surface area contributed by atoms with E-state index in [1.807, 2.05) is 32.9 Å². The number of hydrogen-bond donors (Lipinski definition) is 2. The van der Waals surface area contributed by atoms with Crippen LogP contribution < -0.4 is 5.73 Å². The lowest BCUT2D eigenvalue weighted by Gasteiger charge is -2.24. The van der Waals surface area contributed by atoms with Gasteiger partial charge in [0.1, 0.15) is 11.4 Å². The number of likely N-dealkylation sites (tertiary alicyclic amines) is 1. The highest BCUT2D eigenvalue weighted by Gasteiger charge is 2.32. The summed E-state index contributed by atoms with van der Waals surface area (Å²) in [7, 11) is 0. The summed E-state index contributed by atoms with van der Waals surface area (Å²) in [6, 6.07) is 8.71. The molecule has 2 aromatic heterocycles. The van der Waals surface area contributed by atoms with Crippen LogP contribution in [0.1, 0.15) is 33.2 Å². The van der Waals surface area contributed by atoms with Crippen LogP contribution in [-0.4, -0.2) is 54.8 Å². The molecule has 3 aromatic rings. The summed E-state index contributed by atoms with van der Waals surface area (Å²) in [6.45, 7) is 6.59. The fourth-order valence-electron chi connectivity index (χ4n) is 3.49. The van der Waals surface area contributed by atoms with Gasteiger partial charge in [-0.05, 0) is 45.4 Å². The molecule has 3 heterocycles. The molecule has 1 aliphatic heterocycles. The number of para-hydroxylation sites is 1. The summed E-state index contributed by atoms with van der Waals surface area (Å²) >= 11 is 0. The number of carbonyl (C=O) groups excluding carboxylic acids is 1. The van der Waals surface area contributed by atoms with E-state index in [1.54, 1.807) is 27.8 Å². The molecule has 0 radical (unpaired) electrons. The molecule has 1 fully saturated rings. The van der Waals surface area contributed by atoms with E-state index in [-0.39, 0.29) is 23.7 Å². The van der Waals surface area contributed by atoms with Gasteiger partial charge >= 0.3 is 6.09 Å². The highest BCUT2D eigenvalue weighted by Crippen LogP contribution is 2.32. The van der Waals surface area contributed by atoms with Gasteiger partial charge in [-0.1, -0.05) is 12.1 Å². The zero-order chi connectivity index (χ0) is 20.8. The van der Waals surface area contributed by atoms with E-state index in [2.05, 4.69) is 15.3 Å². The van der Waals surface area contributed by atoms with Crippen LogP contribution in [0.3, 0.4) is 0 Å². The Hall–Kier alpha value is -3.36. The molecule has 1 aliphatic rings. The Labute approximate surface area is 168 Å². The zero-order valence-electron chi connectivity index (χ0n) is 16.7. The number of anilines is 1. The number of nitrogens with two attached hydrogens (primary N) is 1. The Bertz CT molecular complexity index is 1070. The Morgan fingerprint density at radius 3 is 2.76 bits per heavy atom. The van der Waals surface area contributed by atoms with E-state index in [9.17, 15) is 9.90 Å². The van der Waals surface area contributed by atoms with Gasteiger partial charge in [0.05, 0.1) is 17.3 Å². The minimum atomic E-state index is -0.541. The monoisotopic (exact) mass is 396 g/mol. The van der Waals surface area contributed by atoms with Crippen molar-refractivity contribution in [1.29, 1.82) is 0 Å². The van der Waals surface area contributed by atoms with E-state index >= 15 is 0 Å². The molecule has 1 aromatic carbocycles. The summed E-state index contributed by atoms with van der Waals surface area (Å²) < 4.78 is 7.27. The number of nitrogens with zero attached hydrogens (tertiary/aromatic N) is 5. The molecule has 0 bridgehead atoms. The van der Waals surface area contributed by atoms with Gasteiger partial charge in [0.25, 0.3) is 0 Å². The second kappa shape index (κ2) is 6.91. The molecule has 1 unspecified atom stereocenters. The minimum Gasteiger partial charge on any atom is -0.507 e. The third-order valence-electron chi connectivity index (χ3n) is 4.82. The standard InChI is InChI=1S/C20H24N6O3/c1-20(2,3)29-19(28)25-9-8-12(11-25)26-15-10-14(13-6-4-5-7-16(13)27)22-23-17(15)18(21)24-26/h4-7,10,12,27H,8-9,11H2,1-3H3,(H2,21,24). The highest BCUT2D eigenvalue weighted by molar-refractivity contribution is 5.87. The summed E-state index contributed by atoms with van der Waals surface area (Å²) in [4.78, 5) is 14.1. The van der Waals surface area contributed by atoms with Crippen molar-refractivity contribution in [3.05, 3.63) is 30.3 Å². The van der Waals surface area contributed by atoms with Gasteiger partial charge < -0.3 is 20.5 Å². The third kappa shape index (κ3) is 3.67. The Balaban J connectivity index is 1.65. The van der Waals surface area contributed by atoms with Crippen molar-refractivity contribution in [1.82, 2.24) is 24.9 Å². The number of hydrogen-bond acceptors (Lipinski definition) is 7. The number of phenols is 1. The van der Waals surface area contributed by atoms with Gasteiger partial charge in [-0.2, -0.15) is 5.10 Å². The molecule has 4 rings (SSSR count). The van der Waals surface area contributed by atoms with Gasteiger partial charge in [-0.15, -0.1) is 10.2 Å². The molecule has 3 N–H and O–H groups in total. The number of benzene rings is 1. The maximum atomic E-state index is 12.4. The van der Waals surface area contributed by atoms with Crippen LogP contribution in [0.15, 0.2) is 30.3 Å². The number of carbonyl (C=O) groups is 1. The molecule has 0 spiro atoms. The van der Waals surface area contributed by atoms with Gasteiger partial charge in [0.2, 0.25) is 0 Å². The van der Waals surface area contributed by atoms with Gasteiger partial charge in [-0.25, -0.2) is 4.79 Å². The number of amides is 1. The predicted molar refractivity (Wildman–Crippen MR) is 108 cm³/mol. The van der Waals surface area contributed by atoms with E-state index < -0.39 is 5.60 Å². The number of aromatic nitrogens is 4. The second-order valence-electron chi connectivity index (χ2n) is 8.18. The smallest absolute Gasteiger partial charge is 0.410 e. The van der Waals surface area contributed by atoms with Gasteiger partial charge in [0.15, 0.2) is 11.3 Å². The lowest BCUT2D eigenvalue weighted by atomic mass is 10.1. The first-order valence-corrected chi connectivity index (χ1v) is 9.50. The van der Waals surface area contributed by atoms with Crippen LogP contribution >= 0.6 is 0 Å². The molecular formula is C20H24N6O3. The number of fused-ring (bicyclic) bond motifs is 1. The Morgan fingerprint density at radius 1 is 1.28 bits per heavy atom. The Morgan fingerprint density at radius 2 is 2.03 bits per heavy atom. The van der Waals surface area contributed by atoms with E-state index in [4.69, 9.17) is 10.5 Å². The fraction of sp³-hybridized carbons (Fsp3) is 0.400. The third-order valence-corrected chi connectivity index (χ3v) is 4.82. The summed E-state index contributed by atoms with van der Waals surface area (Å²) in [5.41, 5.74) is 7.83. The predicted octanol–water partition coefficient (Wildman–Crippen LogP) is 2.96. The molecular weight excluding hydrogens is 372 g/mol. The summed E-state index contributed by atoms with van der Waals surface area (Å²) in [5, 5.41) is 23.0. The maximum Gasteiger partial charge on any atom is 0.410 e. The number of ether oxygens (including phenoxy) is 1. The lowest BCUT2D eigenvalue weighted by molar-refractivity contribution is 0.0288. The Kier molecular flexibility index (Phi) is 4.52. The molecule has 1 amide bonds. The van der Waals surface area contributed by atoms with Crippen LogP contribution in [0.25, 0.3) is 22.3 Å². The maximum absolute atomic E-state index is 12.4. The van der Waals surface area contributed by atoms with E-state index in [0.717, 1.165) is 6.42 Å². The van der Waals surface area contributed by atoms with Crippen LogP contribution in [0, 0.1) is 0 Å². The molecule has 29 heavy (non-hydrogen) atoms. The molecule has 0 saturated carbocycles. The van der Waals surface area contributed by atoms with Crippen LogP contribution in [0.2, 0.25) is 0 Å². The second-order valence-corrected chi connectivity index (χ2v) is 8.18. The van der Waals surface area contributed by atoms with Gasteiger partial charge in [-0.3, -0.25) is 4.68 Å². The molecule has 9 heteroatoms. The van der Waals surface area contributed by atoms with Crippen molar-refractivity contribution in [2.45, 2.75) is 38.8 Å². The number of rotatable bonds is 2. The van der Waals surface area contributed by atoms with Crippen molar-refractivity contribution < 1.29 is 14.6 Å². The van der Waals surface area contributed by atoms with Crippen molar-refractivity contribution >= 4 is 22.9 Å². The average molecular weight is 396 g/mol.